The van der Waals surface area contributed by atoms with Crippen LogP contribution in [0.5, 0.6) is 0 Å². The summed E-state index contributed by atoms with van der Waals surface area (Å²) in [5.41, 5.74) is 4.68. The molecule has 0 atom stereocenters. The molecule has 1 saturated heterocycles. The number of ether oxygens (including phenoxy) is 1. The van der Waals surface area contributed by atoms with Gasteiger partial charge in [-0.05, 0) is 81.1 Å². The fourth-order valence-corrected chi connectivity index (χ4v) is 4.57. The summed E-state index contributed by atoms with van der Waals surface area (Å²) < 4.78 is 5.46. The summed E-state index contributed by atoms with van der Waals surface area (Å²) in [5, 5.41) is 2.88. The largest absolute Gasteiger partial charge is 0.377 e. The lowest BCUT2D eigenvalue weighted by atomic mass is 9.93. The van der Waals surface area contributed by atoms with E-state index in [0.29, 0.717) is 18.7 Å². The minimum atomic E-state index is -0.0982. The van der Waals surface area contributed by atoms with Crippen molar-refractivity contribution < 1.29 is 14.3 Å². The summed E-state index contributed by atoms with van der Waals surface area (Å²) in [7, 11) is 0. The number of carbonyl (C=O) groups is 2. The highest BCUT2D eigenvalue weighted by Gasteiger charge is 2.25. The topological polar surface area (TPSA) is 61.9 Å². The highest BCUT2D eigenvalue weighted by Crippen LogP contribution is 2.27. The van der Waals surface area contributed by atoms with Crippen LogP contribution in [-0.2, 0) is 11.2 Å². The molecule has 1 N–H and O–H groups in total. The lowest BCUT2D eigenvalue weighted by Crippen LogP contribution is -2.42. The first-order chi connectivity index (χ1) is 16.0. The molecule has 6 nitrogen and oxygen atoms in total. The molecular weight excluding hydrogens is 414 g/mol. The van der Waals surface area contributed by atoms with E-state index < -0.39 is 0 Å². The quantitative estimate of drug-likeness (QED) is 0.594. The number of likely N-dealkylation sites (tertiary alicyclic amines) is 1. The fourth-order valence-electron chi connectivity index (χ4n) is 4.57. The van der Waals surface area contributed by atoms with Gasteiger partial charge in [0.05, 0.1) is 12.7 Å². The van der Waals surface area contributed by atoms with Crippen LogP contribution in [0.3, 0.4) is 0 Å². The Morgan fingerprint density at radius 3 is 2.45 bits per heavy atom. The van der Waals surface area contributed by atoms with E-state index in [2.05, 4.69) is 16.3 Å². The van der Waals surface area contributed by atoms with Gasteiger partial charge in [0.15, 0.2) is 0 Å². The number of benzene rings is 2. The van der Waals surface area contributed by atoms with Crippen LogP contribution in [0.2, 0.25) is 0 Å². The van der Waals surface area contributed by atoms with Gasteiger partial charge in [-0.15, -0.1) is 0 Å². The molecule has 33 heavy (non-hydrogen) atoms. The zero-order valence-electron chi connectivity index (χ0n) is 19.8. The van der Waals surface area contributed by atoms with Crippen LogP contribution in [0.4, 0.5) is 0 Å². The molecule has 1 fully saturated rings. The Morgan fingerprint density at radius 1 is 1.00 bits per heavy atom. The van der Waals surface area contributed by atoms with E-state index in [0.717, 1.165) is 61.4 Å². The van der Waals surface area contributed by atoms with E-state index in [-0.39, 0.29) is 17.9 Å². The second kappa shape index (κ2) is 10.9. The van der Waals surface area contributed by atoms with Gasteiger partial charge in [0, 0.05) is 37.3 Å². The zero-order chi connectivity index (χ0) is 23.2. The third-order valence-corrected chi connectivity index (χ3v) is 6.48. The summed E-state index contributed by atoms with van der Waals surface area (Å²) in [5.74, 6) is 0.0504. The molecule has 6 heteroatoms. The molecule has 0 unspecified atom stereocenters. The first-order valence-electron chi connectivity index (χ1n) is 12.2. The van der Waals surface area contributed by atoms with Gasteiger partial charge >= 0.3 is 0 Å². The van der Waals surface area contributed by atoms with E-state index in [4.69, 9.17) is 4.74 Å². The maximum atomic E-state index is 13.0. The minimum Gasteiger partial charge on any atom is -0.377 e. The van der Waals surface area contributed by atoms with Gasteiger partial charge in [0.1, 0.15) is 0 Å². The molecule has 0 radical (unpaired) electrons. The molecule has 2 aromatic carbocycles. The standard InChI is InChI=1S/C27H35N3O3/c1-20(2)33-18-12-28-26(31)22-7-5-21(6-8-22)23-9-10-25-24(19-23)11-15-30(27(25)32)17-16-29-13-3-4-14-29/h5-10,19-20H,3-4,11-18H2,1-2H3,(H,28,31). The average Bonchev–Trinajstić information content (AvgIpc) is 3.35. The van der Waals surface area contributed by atoms with Crippen LogP contribution >= 0.6 is 0 Å². The Labute approximate surface area is 196 Å². The number of fused-ring (bicyclic) bond motifs is 1. The van der Waals surface area contributed by atoms with E-state index in [9.17, 15) is 9.59 Å². The molecular formula is C27H35N3O3. The number of nitrogens with zero attached hydrogens (tertiary/aromatic N) is 2. The molecule has 0 spiro atoms. The number of amides is 2. The van der Waals surface area contributed by atoms with Crippen molar-refractivity contribution in [1.29, 1.82) is 0 Å². The highest BCUT2D eigenvalue weighted by molar-refractivity contribution is 5.97. The predicted molar refractivity (Wildman–Crippen MR) is 131 cm³/mol. The Balaban J connectivity index is 1.35. The van der Waals surface area contributed by atoms with Crippen LogP contribution in [0.25, 0.3) is 11.1 Å². The number of rotatable bonds is 9. The zero-order valence-corrected chi connectivity index (χ0v) is 19.8. The monoisotopic (exact) mass is 449 g/mol. The SMILES string of the molecule is CC(C)OCCNC(=O)c1ccc(-c2ccc3c(c2)CCN(CCN2CCCC2)C3=O)cc1. The van der Waals surface area contributed by atoms with Crippen molar-refractivity contribution in [3.05, 3.63) is 59.2 Å². The normalized spacial score (nSPS) is 16.3. The number of hydrogen-bond acceptors (Lipinski definition) is 4. The van der Waals surface area contributed by atoms with Gasteiger partial charge < -0.3 is 19.9 Å². The maximum absolute atomic E-state index is 13.0. The summed E-state index contributed by atoms with van der Waals surface area (Å²) >= 11 is 0. The average molecular weight is 450 g/mol. The molecule has 0 bridgehead atoms. The summed E-state index contributed by atoms with van der Waals surface area (Å²) in [6.45, 7) is 9.84. The van der Waals surface area contributed by atoms with Crippen LogP contribution < -0.4 is 5.32 Å². The van der Waals surface area contributed by atoms with Crippen molar-refractivity contribution in [2.24, 2.45) is 0 Å². The molecule has 2 aliphatic heterocycles. The molecule has 4 rings (SSSR count). The molecule has 0 aromatic heterocycles. The molecule has 2 amide bonds. The third kappa shape index (κ3) is 6.01. The van der Waals surface area contributed by atoms with Gasteiger partial charge in [-0.25, -0.2) is 0 Å². The van der Waals surface area contributed by atoms with Crippen molar-refractivity contribution in [2.75, 3.05) is 45.9 Å². The van der Waals surface area contributed by atoms with Crippen molar-refractivity contribution in [1.82, 2.24) is 15.1 Å². The van der Waals surface area contributed by atoms with Crippen molar-refractivity contribution in [2.45, 2.75) is 39.2 Å². The van der Waals surface area contributed by atoms with Crippen molar-refractivity contribution >= 4 is 11.8 Å². The molecule has 176 valence electrons. The summed E-state index contributed by atoms with van der Waals surface area (Å²) in [6.07, 6.45) is 3.59. The van der Waals surface area contributed by atoms with E-state index >= 15 is 0 Å². The summed E-state index contributed by atoms with van der Waals surface area (Å²) in [6, 6.07) is 13.7. The molecule has 2 aromatic rings. The lowest BCUT2D eigenvalue weighted by molar-refractivity contribution is 0.0724. The van der Waals surface area contributed by atoms with Gasteiger partial charge in [-0.1, -0.05) is 24.3 Å². The minimum absolute atomic E-state index is 0.0982. The van der Waals surface area contributed by atoms with Gasteiger partial charge in [-0.2, -0.15) is 0 Å². The third-order valence-electron chi connectivity index (χ3n) is 6.48. The van der Waals surface area contributed by atoms with E-state index in [1.54, 1.807) is 0 Å². The predicted octanol–water partition coefficient (Wildman–Crippen LogP) is 3.60. The first kappa shape index (κ1) is 23.5. The van der Waals surface area contributed by atoms with Gasteiger partial charge in [0.2, 0.25) is 0 Å². The molecule has 2 heterocycles. The molecule has 2 aliphatic rings. The van der Waals surface area contributed by atoms with Gasteiger partial charge in [-0.3, -0.25) is 9.59 Å². The van der Waals surface area contributed by atoms with Crippen LogP contribution in [0.15, 0.2) is 42.5 Å². The molecule has 0 saturated carbocycles. The Morgan fingerprint density at radius 2 is 1.73 bits per heavy atom. The van der Waals surface area contributed by atoms with E-state index in [1.165, 1.54) is 12.8 Å². The fraction of sp³-hybridized carbons (Fsp3) is 0.481. The van der Waals surface area contributed by atoms with Crippen LogP contribution in [0, 0.1) is 0 Å². The highest BCUT2D eigenvalue weighted by atomic mass is 16.5. The lowest BCUT2D eigenvalue weighted by Gasteiger charge is -2.30. The second-order valence-electron chi connectivity index (χ2n) is 9.22. The van der Waals surface area contributed by atoms with Gasteiger partial charge in [0.25, 0.3) is 11.8 Å². The summed E-state index contributed by atoms with van der Waals surface area (Å²) in [4.78, 5) is 29.8. The van der Waals surface area contributed by atoms with E-state index in [1.807, 2.05) is 55.1 Å². The maximum Gasteiger partial charge on any atom is 0.254 e. The van der Waals surface area contributed by atoms with Crippen LogP contribution in [0.1, 0.15) is 53.0 Å². The second-order valence-corrected chi connectivity index (χ2v) is 9.22. The first-order valence-corrected chi connectivity index (χ1v) is 12.2. The Kier molecular flexibility index (Phi) is 7.78. The number of carbonyl (C=O) groups excluding carboxylic acids is 2. The Bertz CT molecular complexity index is 965. The number of hydrogen-bond donors (Lipinski definition) is 1. The van der Waals surface area contributed by atoms with Crippen molar-refractivity contribution in [3.63, 3.8) is 0 Å². The smallest absolute Gasteiger partial charge is 0.254 e. The van der Waals surface area contributed by atoms with Crippen molar-refractivity contribution in [3.8, 4) is 11.1 Å². The number of nitrogens with one attached hydrogen (secondary N) is 1. The molecule has 0 aliphatic carbocycles. The van der Waals surface area contributed by atoms with Crippen LogP contribution in [-0.4, -0.2) is 73.6 Å². The Hall–Kier alpha value is -2.70.